The summed E-state index contributed by atoms with van der Waals surface area (Å²) in [6.45, 7) is 3.79. The van der Waals surface area contributed by atoms with Gasteiger partial charge in [0.25, 0.3) is 0 Å². The van der Waals surface area contributed by atoms with Crippen molar-refractivity contribution in [3.63, 3.8) is 0 Å². The number of carbonyl (C=O) groups is 1. The fraction of sp³-hybridized carbons (Fsp3) is 0.417. The molecule has 0 radical (unpaired) electrons. The third-order valence-corrected chi connectivity index (χ3v) is 7.30. The van der Waals surface area contributed by atoms with E-state index in [1.54, 1.807) is 19.9 Å². The third-order valence-electron chi connectivity index (χ3n) is 5.61. The van der Waals surface area contributed by atoms with Gasteiger partial charge in [-0.15, -0.1) is 0 Å². The van der Waals surface area contributed by atoms with Crippen molar-refractivity contribution in [3.05, 3.63) is 41.1 Å². The summed E-state index contributed by atoms with van der Waals surface area (Å²) in [4.78, 5) is 24.6. The first-order valence-electron chi connectivity index (χ1n) is 12.0. The molecule has 0 bridgehead atoms. The van der Waals surface area contributed by atoms with E-state index in [9.17, 15) is 13.2 Å². The summed E-state index contributed by atoms with van der Waals surface area (Å²) in [5.41, 5.74) is 0.174. The molecule has 38 heavy (non-hydrogen) atoms. The minimum absolute atomic E-state index is 0.0265. The van der Waals surface area contributed by atoms with Crippen LogP contribution in [0.25, 0.3) is 22.7 Å². The normalized spacial score (nSPS) is 14.1. The van der Waals surface area contributed by atoms with Crippen LogP contribution < -0.4 is 15.4 Å². The number of aromatic nitrogens is 3. The van der Waals surface area contributed by atoms with Crippen LogP contribution in [0.15, 0.2) is 28.8 Å². The van der Waals surface area contributed by atoms with Gasteiger partial charge in [0, 0.05) is 35.3 Å². The molecule has 1 saturated carbocycles. The molecule has 1 aliphatic rings. The van der Waals surface area contributed by atoms with E-state index >= 15 is 4.39 Å². The second-order valence-electron chi connectivity index (χ2n) is 8.92. The Kier molecular flexibility index (Phi) is 8.36. The van der Waals surface area contributed by atoms with Crippen molar-refractivity contribution >= 4 is 39.4 Å². The van der Waals surface area contributed by atoms with Gasteiger partial charge >= 0.3 is 6.09 Å². The molecule has 0 aliphatic heterocycles. The standard InChI is InChI=1S/C24H28ClFN6O5S/c1-4-9-38(34,35)32-18-11-15(25)10-16(19(18)26)20-21(37-22(31-20)14-5-6-14)17-7-8-27-23(30-17)28-12-13(2)29-24(33)36-3/h7-8,10-11,13-14,32H,4-6,9,12H2,1-3H3,(H,29,33)(H,27,28,30)/t13-/m0/s1. The molecule has 1 amide bonds. The molecule has 204 valence electrons. The summed E-state index contributed by atoms with van der Waals surface area (Å²) in [6, 6.07) is 3.89. The summed E-state index contributed by atoms with van der Waals surface area (Å²) in [6.07, 6.45) is 3.09. The molecule has 3 N–H and O–H groups in total. The molecule has 14 heteroatoms. The van der Waals surface area contributed by atoms with Crippen LogP contribution in [0, 0.1) is 5.82 Å². The van der Waals surface area contributed by atoms with Crippen LogP contribution in [-0.2, 0) is 14.8 Å². The Bertz CT molecular complexity index is 1430. The van der Waals surface area contributed by atoms with Crippen LogP contribution in [0.1, 0.15) is 44.9 Å². The first-order chi connectivity index (χ1) is 18.1. The van der Waals surface area contributed by atoms with E-state index < -0.39 is 21.9 Å². The molecule has 1 aliphatic carbocycles. The molecule has 11 nitrogen and oxygen atoms in total. The van der Waals surface area contributed by atoms with Crippen LogP contribution in [-0.4, -0.2) is 54.9 Å². The van der Waals surface area contributed by atoms with Gasteiger partial charge in [-0.3, -0.25) is 4.72 Å². The Labute approximate surface area is 224 Å². The highest BCUT2D eigenvalue weighted by molar-refractivity contribution is 7.92. The van der Waals surface area contributed by atoms with E-state index in [0.717, 1.165) is 12.8 Å². The van der Waals surface area contributed by atoms with E-state index in [1.807, 2.05) is 0 Å². The molecule has 1 fully saturated rings. The van der Waals surface area contributed by atoms with Crippen LogP contribution in [0.5, 0.6) is 0 Å². The van der Waals surface area contributed by atoms with Crippen molar-refractivity contribution in [1.29, 1.82) is 0 Å². The van der Waals surface area contributed by atoms with Crippen molar-refractivity contribution in [2.75, 3.05) is 29.4 Å². The van der Waals surface area contributed by atoms with Gasteiger partial charge in [0.15, 0.2) is 17.5 Å². The van der Waals surface area contributed by atoms with Crippen LogP contribution in [0.2, 0.25) is 5.02 Å². The monoisotopic (exact) mass is 566 g/mol. The van der Waals surface area contributed by atoms with E-state index in [0.29, 0.717) is 24.6 Å². The van der Waals surface area contributed by atoms with Gasteiger partial charge in [-0.05, 0) is 44.4 Å². The maximum atomic E-state index is 15.7. The van der Waals surface area contributed by atoms with Gasteiger partial charge < -0.3 is 19.8 Å². The van der Waals surface area contributed by atoms with Crippen molar-refractivity contribution in [2.45, 2.75) is 45.1 Å². The summed E-state index contributed by atoms with van der Waals surface area (Å²) in [5.74, 6) is -0.0122. The van der Waals surface area contributed by atoms with Gasteiger partial charge in [-0.25, -0.2) is 32.6 Å². The summed E-state index contributed by atoms with van der Waals surface area (Å²) in [5, 5.41) is 5.78. The fourth-order valence-corrected chi connectivity index (χ4v) is 4.99. The van der Waals surface area contributed by atoms with E-state index in [-0.39, 0.29) is 51.4 Å². The smallest absolute Gasteiger partial charge is 0.407 e. The second kappa shape index (κ2) is 11.5. The molecule has 4 rings (SSSR count). The lowest BCUT2D eigenvalue weighted by molar-refractivity contribution is 0.168. The van der Waals surface area contributed by atoms with Crippen LogP contribution >= 0.6 is 11.6 Å². The lowest BCUT2D eigenvalue weighted by Gasteiger charge is -2.14. The zero-order valence-corrected chi connectivity index (χ0v) is 22.6. The summed E-state index contributed by atoms with van der Waals surface area (Å²) in [7, 11) is -2.49. The first kappa shape index (κ1) is 27.6. The Hall–Kier alpha value is -3.45. The largest absolute Gasteiger partial charge is 0.453 e. The van der Waals surface area contributed by atoms with Crippen molar-refractivity contribution < 1.29 is 26.8 Å². The number of amides is 1. The number of hydrogen-bond acceptors (Lipinski definition) is 9. The highest BCUT2D eigenvalue weighted by Crippen LogP contribution is 2.44. The minimum atomic E-state index is -3.77. The predicted molar refractivity (Wildman–Crippen MR) is 141 cm³/mol. The fourth-order valence-electron chi connectivity index (χ4n) is 3.65. The molecule has 2 aromatic heterocycles. The SMILES string of the molecule is CCCS(=O)(=O)Nc1cc(Cl)cc(-c2nc(C3CC3)oc2-c2ccnc(NC[C@H](C)NC(=O)OC)n2)c1F. The average Bonchev–Trinajstić information content (AvgIpc) is 3.63. The highest BCUT2D eigenvalue weighted by atomic mass is 35.5. The summed E-state index contributed by atoms with van der Waals surface area (Å²) < 4.78 is 53.2. The van der Waals surface area contributed by atoms with Gasteiger partial charge in [0.1, 0.15) is 11.4 Å². The summed E-state index contributed by atoms with van der Waals surface area (Å²) >= 11 is 6.27. The number of hydrogen-bond donors (Lipinski definition) is 3. The molecule has 0 unspecified atom stereocenters. The van der Waals surface area contributed by atoms with E-state index in [4.69, 9.17) is 16.0 Å². The zero-order valence-electron chi connectivity index (χ0n) is 21.0. The van der Waals surface area contributed by atoms with Crippen molar-refractivity contribution in [3.8, 4) is 22.7 Å². The average molecular weight is 567 g/mol. The number of rotatable bonds is 11. The lowest BCUT2D eigenvalue weighted by Crippen LogP contribution is -2.37. The predicted octanol–water partition coefficient (Wildman–Crippen LogP) is 4.78. The molecule has 1 atom stereocenters. The lowest BCUT2D eigenvalue weighted by atomic mass is 10.1. The molecule has 2 heterocycles. The number of nitrogens with one attached hydrogen (secondary N) is 3. The van der Waals surface area contributed by atoms with Crippen molar-refractivity contribution in [1.82, 2.24) is 20.3 Å². The molecular weight excluding hydrogens is 539 g/mol. The highest BCUT2D eigenvalue weighted by Gasteiger charge is 2.32. The molecular formula is C24H28ClFN6O5S. The number of oxazole rings is 1. The van der Waals surface area contributed by atoms with Crippen LogP contribution in [0.4, 0.5) is 20.8 Å². The Morgan fingerprint density at radius 1 is 1.32 bits per heavy atom. The quantitative estimate of drug-likeness (QED) is 0.298. The molecule has 0 saturated heterocycles. The number of anilines is 2. The minimum Gasteiger partial charge on any atom is -0.453 e. The number of sulfonamides is 1. The Morgan fingerprint density at radius 2 is 2.08 bits per heavy atom. The number of methoxy groups -OCH3 is 1. The number of benzene rings is 1. The maximum absolute atomic E-state index is 15.7. The number of carbonyl (C=O) groups excluding carboxylic acids is 1. The maximum Gasteiger partial charge on any atom is 0.407 e. The Balaban J connectivity index is 1.69. The second-order valence-corrected chi connectivity index (χ2v) is 11.2. The number of nitrogens with zero attached hydrogens (tertiary/aromatic N) is 3. The van der Waals surface area contributed by atoms with Crippen LogP contribution in [0.3, 0.4) is 0 Å². The zero-order chi connectivity index (χ0) is 27.4. The van der Waals surface area contributed by atoms with Gasteiger partial charge in [0.2, 0.25) is 16.0 Å². The van der Waals surface area contributed by atoms with Gasteiger partial charge in [-0.2, -0.15) is 0 Å². The van der Waals surface area contributed by atoms with E-state index in [2.05, 4.69) is 35.0 Å². The molecule has 3 aromatic rings. The number of ether oxygens (including phenoxy) is 1. The Morgan fingerprint density at radius 3 is 2.76 bits per heavy atom. The first-order valence-corrected chi connectivity index (χ1v) is 14.1. The third kappa shape index (κ3) is 6.70. The topological polar surface area (TPSA) is 148 Å². The molecule has 1 aromatic carbocycles. The van der Waals surface area contributed by atoms with Gasteiger partial charge in [0.05, 0.1) is 18.6 Å². The van der Waals surface area contributed by atoms with Crippen molar-refractivity contribution in [2.24, 2.45) is 0 Å². The number of alkyl carbamates (subject to hydrolysis) is 1. The van der Waals surface area contributed by atoms with Gasteiger partial charge in [-0.1, -0.05) is 18.5 Å². The molecule has 0 spiro atoms. The number of halogens is 2. The van der Waals surface area contributed by atoms with E-state index in [1.165, 1.54) is 25.4 Å².